The summed E-state index contributed by atoms with van der Waals surface area (Å²) in [6.07, 6.45) is 49.3. The van der Waals surface area contributed by atoms with Crippen LogP contribution in [0.25, 0.3) is 0 Å². The third-order valence-corrected chi connectivity index (χ3v) is 10.7. The highest BCUT2D eigenvalue weighted by Crippen LogP contribution is 2.17. The highest BCUT2D eigenvalue weighted by Gasteiger charge is 2.16. The summed E-state index contributed by atoms with van der Waals surface area (Å²) >= 11 is 0. The highest BCUT2D eigenvalue weighted by molar-refractivity contribution is 5.70. The average Bonchev–Trinajstić information content (AvgIpc) is 3.13. The SMILES string of the molecule is CCCCCCCCCCCCCCCCCCCCCCCCCCCCCCCC(=O)OC(CO)COC(=O)CCCCCCCCCC. The summed E-state index contributed by atoms with van der Waals surface area (Å²) < 4.78 is 10.6. The number of hydrogen-bond acceptors (Lipinski definition) is 5. The number of esters is 2. The third kappa shape index (κ3) is 41.5. The van der Waals surface area contributed by atoms with Gasteiger partial charge < -0.3 is 14.6 Å². The van der Waals surface area contributed by atoms with Crippen LogP contribution in [-0.4, -0.2) is 36.4 Å². The third-order valence-electron chi connectivity index (χ3n) is 10.7. The number of aliphatic hydroxyl groups is 1. The largest absolute Gasteiger partial charge is 0.462 e. The standard InChI is InChI=1S/C46H90O5/c1-3-5-7-9-11-13-14-15-16-17-18-19-20-21-22-23-24-25-26-27-28-29-30-31-32-33-35-37-39-41-46(49)51-44(42-47)43-50-45(48)40-38-36-34-12-10-8-6-4-2/h44,47H,3-43H2,1-2H3. The molecule has 0 saturated carbocycles. The van der Waals surface area contributed by atoms with E-state index in [1.165, 1.54) is 199 Å². The lowest BCUT2D eigenvalue weighted by Gasteiger charge is -2.15. The van der Waals surface area contributed by atoms with Crippen LogP contribution in [-0.2, 0) is 19.1 Å². The van der Waals surface area contributed by atoms with Crippen molar-refractivity contribution in [3.63, 3.8) is 0 Å². The van der Waals surface area contributed by atoms with Crippen molar-refractivity contribution in [1.82, 2.24) is 0 Å². The molecule has 0 bridgehead atoms. The van der Waals surface area contributed by atoms with Crippen molar-refractivity contribution >= 4 is 11.9 Å². The molecule has 5 heteroatoms. The van der Waals surface area contributed by atoms with E-state index >= 15 is 0 Å². The van der Waals surface area contributed by atoms with Gasteiger partial charge in [0.1, 0.15) is 6.61 Å². The van der Waals surface area contributed by atoms with Gasteiger partial charge in [0.2, 0.25) is 0 Å². The minimum Gasteiger partial charge on any atom is -0.462 e. The normalized spacial score (nSPS) is 12.0. The Hall–Kier alpha value is -1.10. The topological polar surface area (TPSA) is 72.8 Å². The van der Waals surface area contributed by atoms with Crippen LogP contribution < -0.4 is 0 Å². The van der Waals surface area contributed by atoms with Crippen LogP contribution in [0.2, 0.25) is 0 Å². The molecule has 51 heavy (non-hydrogen) atoms. The summed E-state index contributed by atoms with van der Waals surface area (Å²) in [7, 11) is 0. The molecule has 0 aliphatic rings. The lowest BCUT2D eigenvalue weighted by Crippen LogP contribution is -2.28. The zero-order valence-electron chi connectivity index (χ0n) is 34.6. The van der Waals surface area contributed by atoms with E-state index in [0.29, 0.717) is 12.8 Å². The number of carbonyl (C=O) groups is 2. The molecule has 5 nitrogen and oxygen atoms in total. The fraction of sp³-hybridized carbons (Fsp3) is 0.957. The molecule has 0 aliphatic heterocycles. The maximum atomic E-state index is 12.2. The smallest absolute Gasteiger partial charge is 0.306 e. The summed E-state index contributed by atoms with van der Waals surface area (Å²) in [5, 5.41) is 9.54. The molecule has 0 saturated heterocycles. The number of aliphatic hydroxyl groups excluding tert-OH is 1. The van der Waals surface area contributed by atoms with Crippen LogP contribution in [0.5, 0.6) is 0 Å². The van der Waals surface area contributed by atoms with Crippen LogP contribution in [0.4, 0.5) is 0 Å². The molecule has 1 atom stereocenters. The maximum absolute atomic E-state index is 12.2. The molecule has 0 rings (SSSR count). The molecule has 0 amide bonds. The number of ether oxygens (including phenoxy) is 2. The minimum atomic E-state index is -0.760. The van der Waals surface area contributed by atoms with E-state index in [0.717, 1.165) is 38.5 Å². The number of unbranched alkanes of at least 4 members (excludes halogenated alkanes) is 35. The Labute approximate surface area is 319 Å². The quantitative estimate of drug-likeness (QED) is 0.0501. The second-order valence-electron chi connectivity index (χ2n) is 15.9. The minimum absolute atomic E-state index is 0.0579. The summed E-state index contributed by atoms with van der Waals surface area (Å²) in [5.74, 6) is -0.579. The molecular weight excluding hydrogens is 633 g/mol. The first-order chi connectivity index (χ1) is 25.1. The molecule has 0 radical (unpaired) electrons. The fourth-order valence-electron chi connectivity index (χ4n) is 7.15. The lowest BCUT2D eigenvalue weighted by atomic mass is 10.0. The van der Waals surface area contributed by atoms with E-state index < -0.39 is 6.10 Å². The van der Waals surface area contributed by atoms with Gasteiger partial charge in [0.15, 0.2) is 6.10 Å². The van der Waals surface area contributed by atoms with Gasteiger partial charge in [-0.05, 0) is 12.8 Å². The first kappa shape index (κ1) is 49.9. The maximum Gasteiger partial charge on any atom is 0.306 e. The van der Waals surface area contributed by atoms with Crippen molar-refractivity contribution in [3.8, 4) is 0 Å². The van der Waals surface area contributed by atoms with Crippen molar-refractivity contribution in [2.24, 2.45) is 0 Å². The highest BCUT2D eigenvalue weighted by atomic mass is 16.6. The van der Waals surface area contributed by atoms with Gasteiger partial charge in [-0.2, -0.15) is 0 Å². The molecule has 0 aromatic heterocycles. The summed E-state index contributed by atoms with van der Waals surface area (Å²) in [6.45, 7) is 4.14. The number of rotatable bonds is 43. The molecule has 1 N–H and O–H groups in total. The Morgan fingerprint density at radius 1 is 0.373 bits per heavy atom. The monoisotopic (exact) mass is 723 g/mol. The predicted molar refractivity (Wildman–Crippen MR) is 219 cm³/mol. The zero-order chi connectivity index (χ0) is 37.1. The summed E-state index contributed by atoms with van der Waals surface area (Å²) in [4.78, 5) is 24.2. The van der Waals surface area contributed by atoms with Crippen molar-refractivity contribution in [3.05, 3.63) is 0 Å². The van der Waals surface area contributed by atoms with Gasteiger partial charge in [0.05, 0.1) is 6.61 Å². The molecular formula is C46H90O5. The molecule has 0 heterocycles. The lowest BCUT2D eigenvalue weighted by molar-refractivity contribution is -0.161. The van der Waals surface area contributed by atoms with Crippen LogP contribution in [0.15, 0.2) is 0 Å². The molecule has 0 aromatic rings. The van der Waals surface area contributed by atoms with Gasteiger partial charge in [-0.3, -0.25) is 9.59 Å². The van der Waals surface area contributed by atoms with Gasteiger partial charge in [0.25, 0.3) is 0 Å². The molecule has 1 unspecified atom stereocenters. The first-order valence-corrected chi connectivity index (χ1v) is 23.1. The van der Waals surface area contributed by atoms with Crippen LogP contribution in [0.1, 0.15) is 264 Å². The van der Waals surface area contributed by atoms with Crippen molar-refractivity contribution < 1.29 is 24.2 Å². The van der Waals surface area contributed by atoms with Crippen molar-refractivity contribution in [2.45, 2.75) is 270 Å². The zero-order valence-corrected chi connectivity index (χ0v) is 34.6. The van der Waals surface area contributed by atoms with Gasteiger partial charge in [-0.15, -0.1) is 0 Å². The average molecular weight is 723 g/mol. The number of carbonyl (C=O) groups excluding carboxylic acids is 2. The predicted octanol–water partition coefficient (Wildman–Crippen LogP) is 14.7. The van der Waals surface area contributed by atoms with E-state index in [1.54, 1.807) is 0 Å². The van der Waals surface area contributed by atoms with Crippen LogP contribution in [0, 0.1) is 0 Å². The van der Waals surface area contributed by atoms with E-state index in [4.69, 9.17) is 9.47 Å². The fourth-order valence-corrected chi connectivity index (χ4v) is 7.15. The Morgan fingerprint density at radius 2 is 0.608 bits per heavy atom. The molecule has 0 aromatic carbocycles. The van der Waals surface area contributed by atoms with Gasteiger partial charge in [-0.1, -0.05) is 239 Å². The summed E-state index contributed by atoms with van der Waals surface area (Å²) in [6, 6.07) is 0. The van der Waals surface area contributed by atoms with E-state index in [1.807, 2.05) is 0 Å². The van der Waals surface area contributed by atoms with Crippen molar-refractivity contribution in [1.29, 1.82) is 0 Å². The molecule has 0 spiro atoms. The van der Waals surface area contributed by atoms with Gasteiger partial charge in [-0.25, -0.2) is 0 Å². The van der Waals surface area contributed by atoms with E-state index in [9.17, 15) is 14.7 Å². The van der Waals surface area contributed by atoms with Gasteiger partial charge >= 0.3 is 11.9 Å². The Bertz CT molecular complexity index is 695. The summed E-state index contributed by atoms with van der Waals surface area (Å²) in [5.41, 5.74) is 0. The van der Waals surface area contributed by atoms with Crippen molar-refractivity contribution in [2.75, 3.05) is 13.2 Å². The van der Waals surface area contributed by atoms with E-state index in [-0.39, 0.29) is 25.2 Å². The molecule has 0 aliphatic carbocycles. The Kier molecular flexibility index (Phi) is 42.4. The van der Waals surface area contributed by atoms with Crippen LogP contribution in [0.3, 0.4) is 0 Å². The Balaban J connectivity index is 3.34. The molecule has 304 valence electrons. The van der Waals surface area contributed by atoms with Crippen LogP contribution >= 0.6 is 0 Å². The Morgan fingerprint density at radius 3 is 0.863 bits per heavy atom. The first-order valence-electron chi connectivity index (χ1n) is 23.1. The second-order valence-corrected chi connectivity index (χ2v) is 15.9. The van der Waals surface area contributed by atoms with E-state index in [2.05, 4.69) is 13.8 Å². The molecule has 0 fully saturated rings. The van der Waals surface area contributed by atoms with Gasteiger partial charge in [0, 0.05) is 12.8 Å². The second kappa shape index (κ2) is 43.3. The number of hydrogen-bond donors (Lipinski definition) is 1.